The van der Waals surface area contributed by atoms with Crippen LogP contribution in [0.2, 0.25) is 0 Å². The highest BCUT2D eigenvalue weighted by Gasteiger charge is 2.48. The first-order valence-corrected chi connectivity index (χ1v) is 8.91. The molecule has 0 radical (unpaired) electrons. The molecule has 130 valence electrons. The van der Waals surface area contributed by atoms with Crippen molar-refractivity contribution in [2.45, 2.75) is 53.9 Å². The number of allylic oxidation sites excluding steroid dienone is 3. The Balaban J connectivity index is 1.67. The summed E-state index contributed by atoms with van der Waals surface area (Å²) in [4.78, 5) is 11.5. The lowest BCUT2D eigenvalue weighted by molar-refractivity contribution is 0.335. The highest BCUT2D eigenvalue weighted by atomic mass is 16.5. The van der Waals surface area contributed by atoms with Gasteiger partial charge in [-0.25, -0.2) is 4.98 Å². The molecule has 3 rings (SSSR count). The van der Waals surface area contributed by atoms with E-state index in [9.17, 15) is 0 Å². The number of ether oxygens (including phenoxy) is 1. The molecule has 1 aromatic rings. The van der Waals surface area contributed by atoms with Crippen molar-refractivity contribution in [1.29, 1.82) is 0 Å². The predicted molar refractivity (Wildman–Crippen MR) is 98.6 cm³/mol. The van der Waals surface area contributed by atoms with Gasteiger partial charge in [0.25, 0.3) is 0 Å². The van der Waals surface area contributed by atoms with Crippen LogP contribution in [0.1, 0.15) is 52.5 Å². The van der Waals surface area contributed by atoms with Gasteiger partial charge in [0.15, 0.2) is 0 Å². The van der Waals surface area contributed by atoms with Gasteiger partial charge in [0.1, 0.15) is 6.61 Å². The maximum absolute atomic E-state index is 5.98. The average Bonchev–Trinajstić information content (AvgIpc) is 3.16. The van der Waals surface area contributed by atoms with E-state index in [4.69, 9.17) is 4.74 Å². The number of aryl methyl sites for hydroxylation is 1. The Hall–Kier alpha value is -1.84. The molecular formula is C20H29N3O. The molecule has 4 heteroatoms. The van der Waals surface area contributed by atoms with Crippen LogP contribution in [-0.4, -0.2) is 29.7 Å². The molecule has 1 aliphatic heterocycles. The fraction of sp³-hybridized carbons (Fsp3) is 0.600. The van der Waals surface area contributed by atoms with Crippen LogP contribution in [0.25, 0.3) is 0 Å². The van der Waals surface area contributed by atoms with Gasteiger partial charge in [-0.1, -0.05) is 17.2 Å². The van der Waals surface area contributed by atoms with Crippen LogP contribution in [-0.2, 0) is 0 Å². The maximum atomic E-state index is 5.98. The van der Waals surface area contributed by atoms with Crippen molar-refractivity contribution >= 4 is 5.95 Å². The van der Waals surface area contributed by atoms with Crippen molar-refractivity contribution in [3.63, 3.8) is 0 Å². The van der Waals surface area contributed by atoms with Gasteiger partial charge in [-0.15, -0.1) is 0 Å². The molecule has 0 amide bonds. The summed E-state index contributed by atoms with van der Waals surface area (Å²) in [5, 5.41) is 0. The monoisotopic (exact) mass is 327 g/mol. The molecular weight excluding hydrogens is 298 g/mol. The summed E-state index contributed by atoms with van der Waals surface area (Å²) >= 11 is 0. The van der Waals surface area contributed by atoms with Crippen LogP contribution in [0.15, 0.2) is 29.0 Å². The van der Waals surface area contributed by atoms with Gasteiger partial charge in [0, 0.05) is 24.8 Å². The molecule has 1 spiro atoms. The first kappa shape index (κ1) is 17.0. The van der Waals surface area contributed by atoms with Crippen molar-refractivity contribution in [2.24, 2.45) is 5.41 Å². The molecule has 0 aromatic carbocycles. The molecule has 1 aromatic heterocycles. The lowest BCUT2D eigenvalue weighted by Crippen LogP contribution is -2.22. The topological polar surface area (TPSA) is 38.2 Å². The Bertz CT molecular complexity index is 682. The number of hydrogen-bond acceptors (Lipinski definition) is 4. The first-order valence-electron chi connectivity index (χ1n) is 8.91. The Labute approximate surface area is 145 Å². The Morgan fingerprint density at radius 1 is 1.25 bits per heavy atom. The third-order valence-corrected chi connectivity index (χ3v) is 5.28. The normalized spacial score (nSPS) is 18.9. The Kier molecular flexibility index (Phi) is 4.66. The minimum absolute atomic E-state index is 0.561. The molecule has 24 heavy (non-hydrogen) atoms. The Morgan fingerprint density at radius 2 is 2.00 bits per heavy atom. The van der Waals surface area contributed by atoms with E-state index in [1.807, 2.05) is 13.1 Å². The Morgan fingerprint density at radius 3 is 2.62 bits per heavy atom. The van der Waals surface area contributed by atoms with E-state index in [0.717, 1.165) is 24.6 Å². The van der Waals surface area contributed by atoms with E-state index < -0.39 is 0 Å². The van der Waals surface area contributed by atoms with E-state index in [0.29, 0.717) is 17.9 Å². The SMILES string of the molecule is CC(C)=C(C)/C=C(\C)COc1nc(N2CCC3(CC3)C2)ncc1C. The lowest BCUT2D eigenvalue weighted by atomic mass is 10.1. The zero-order chi connectivity index (χ0) is 17.3. The smallest absolute Gasteiger partial charge is 0.228 e. The minimum atomic E-state index is 0.561. The number of hydrogen-bond donors (Lipinski definition) is 0. The summed E-state index contributed by atoms with van der Waals surface area (Å²) in [5.41, 5.74) is 5.40. The molecule has 1 saturated carbocycles. The molecule has 2 aliphatic rings. The van der Waals surface area contributed by atoms with Gasteiger partial charge < -0.3 is 9.64 Å². The molecule has 1 aliphatic carbocycles. The first-order chi connectivity index (χ1) is 11.4. The summed E-state index contributed by atoms with van der Waals surface area (Å²) in [6, 6.07) is 0. The maximum Gasteiger partial charge on any atom is 0.228 e. The van der Waals surface area contributed by atoms with Crippen molar-refractivity contribution < 1.29 is 4.74 Å². The second-order valence-electron chi connectivity index (χ2n) is 7.79. The van der Waals surface area contributed by atoms with Gasteiger partial charge in [0.05, 0.1) is 0 Å². The number of aromatic nitrogens is 2. The van der Waals surface area contributed by atoms with Crippen LogP contribution < -0.4 is 9.64 Å². The highest BCUT2D eigenvalue weighted by Crippen LogP contribution is 2.53. The van der Waals surface area contributed by atoms with E-state index in [2.05, 4.69) is 48.6 Å². The summed E-state index contributed by atoms with van der Waals surface area (Å²) in [6.07, 6.45) is 8.09. The zero-order valence-corrected chi connectivity index (χ0v) is 15.6. The van der Waals surface area contributed by atoms with Crippen LogP contribution in [0.4, 0.5) is 5.95 Å². The fourth-order valence-corrected chi connectivity index (χ4v) is 3.14. The molecule has 4 nitrogen and oxygen atoms in total. The molecule has 1 saturated heterocycles. The van der Waals surface area contributed by atoms with E-state index in [-0.39, 0.29) is 0 Å². The minimum Gasteiger partial charge on any atom is -0.473 e. The van der Waals surface area contributed by atoms with Crippen LogP contribution in [0.3, 0.4) is 0 Å². The number of rotatable bonds is 5. The third kappa shape index (κ3) is 3.80. The van der Waals surface area contributed by atoms with Gasteiger partial charge >= 0.3 is 0 Å². The lowest BCUT2D eigenvalue weighted by Gasteiger charge is -2.17. The third-order valence-electron chi connectivity index (χ3n) is 5.28. The number of nitrogens with zero attached hydrogens (tertiary/aromatic N) is 3. The van der Waals surface area contributed by atoms with E-state index in [1.54, 1.807) is 0 Å². The molecule has 0 atom stereocenters. The van der Waals surface area contributed by atoms with Gasteiger partial charge in [0.2, 0.25) is 11.8 Å². The average molecular weight is 327 g/mol. The predicted octanol–water partition coefficient (Wildman–Crippen LogP) is 4.46. The molecule has 2 fully saturated rings. The summed E-state index contributed by atoms with van der Waals surface area (Å²) in [6.45, 7) is 13.2. The van der Waals surface area contributed by atoms with Crippen LogP contribution in [0.5, 0.6) is 5.88 Å². The van der Waals surface area contributed by atoms with Gasteiger partial charge in [-0.3, -0.25) is 0 Å². The standard InChI is InChI=1S/C20H29N3O/c1-14(2)16(4)10-15(3)12-24-18-17(5)11-21-19(22-18)23-9-8-20(13-23)6-7-20/h10-11H,6-9,12-13H2,1-5H3/b15-10+. The van der Waals surface area contributed by atoms with Crippen LogP contribution in [0, 0.1) is 12.3 Å². The van der Waals surface area contributed by atoms with Crippen molar-refractivity contribution in [2.75, 3.05) is 24.6 Å². The summed E-state index contributed by atoms with van der Waals surface area (Å²) < 4.78 is 5.98. The van der Waals surface area contributed by atoms with E-state index >= 15 is 0 Å². The van der Waals surface area contributed by atoms with E-state index in [1.165, 1.54) is 36.0 Å². The second-order valence-corrected chi connectivity index (χ2v) is 7.79. The summed E-state index contributed by atoms with van der Waals surface area (Å²) in [7, 11) is 0. The van der Waals surface area contributed by atoms with Crippen LogP contribution >= 0.6 is 0 Å². The molecule has 2 heterocycles. The molecule has 0 N–H and O–H groups in total. The number of anilines is 1. The zero-order valence-electron chi connectivity index (χ0n) is 15.6. The fourth-order valence-electron chi connectivity index (χ4n) is 3.14. The van der Waals surface area contributed by atoms with Gasteiger partial charge in [-0.2, -0.15) is 4.98 Å². The largest absolute Gasteiger partial charge is 0.473 e. The summed E-state index contributed by atoms with van der Waals surface area (Å²) in [5.74, 6) is 1.53. The van der Waals surface area contributed by atoms with Crippen molar-refractivity contribution in [3.8, 4) is 5.88 Å². The van der Waals surface area contributed by atoms with Gasteiger partial charge in [-0.05, 0) is 64.9 Å². The molecule has 0 bridgehead atoms. The van der Waals surface area contributed by atoms with Crippen molar-refractivity contribution in [1.82, 2.24) is 9.97 Å². The quantitative estimate of drug-likeness (QED) is 0.749. The van der Waals surface area contributed by atoms with Crippen molar-refractivity contribution in [3.05, 3.63) is 34.6 Å². The second kappa shape index (κ2) is 6.58. The highest BCUT2D eigenvalue weighted by molar-refractivity contribution is 5.38. The molecule has 0 unspecified atom stereocenters.